The minimum absolute atomic E-state index is 0.0841. The lowest BCUT2D eigenvalue weighted by Gasteiger charge is -2.25. The van der Waals surface area contributed by atoms with E-state index in [9.17, 15) is 8.42 Å². The fourth-order valence-corrected chi connectivity index (χ4v) is 5.26. The number of anilines is 1. The molecule has 0 aliphatic carbocycles. The molecule has 0 bridgehead atoms. The molecule has 0 amide bonds. The summed E-state index contributed by atoms with van der Waals surface area (Å²) in [5.74, 6) is 0.705. The average Bonchev–Trinajstić information content (AvgIpc) is 2.85. The SMILES string of the molecule is COc1cc(C)c(S(=O)(=O)N2c3ccccc3C[C@H]2C)cc1C. The highest BCUT2D eigenvalue weighted by Gasteiger charge is 2.36. The van der Waals surface area contributed by atoms with Gasteiger partial charge in [0.05, 0.1) is 17.7 Å². The summed E-state index contributed by atoms with van der Waals surface area (Å²) < 4.78 is 33.4. The maximum Gasteiger partial charge on any atom is 0.264 e. The topological polar surface area (TPSA) is 46.6 Å². The summed E-state index contributed by atoms with van der Waals surface area (Å²) in [6.45, 7) is 5.61. The van der Waals surface area contributed by atoms with Crippen molar-refractivity contribution >= 4 is 15.7 Å². The zero-order valence-electron chi connectivity index (χ0n) is 13.8. The molecule has 0 aromatic heterocycles. The molecule has 0 saturated heterocycles. The van der Waals surface area contributed by atoms with Crippen LogP contribution in [-0.4, -0.2) is 21.6 Å². The Morgan fingerprint density at radius 3 is 2.52 bits per heavy atom. The van der Waals surface area contributed by atoms with E-state index in [1.54, 1.807) is 23.5 Å². The van der Waals surface area contributed by atoms with Gasteiger partial charge in [0.2, 0.25) is 0 Å². The van der Waals surface area contributed by atoms with Gasteiger partial charge >= 0.3 is 0 Å². The van der Waals surface area contributed by atoms with Gasteiger partial charge < -0.3 is 4.74 Å². The smallest absolute Gasteiger partial charge is 0.264 e. The number of sulfonamides is 1. The van der Waals surface area contributed by atoms with Gasteiger partial charge in [-0.05, 0) is 62.1 Å². The highest BCUT2D eigenvalue weighted by atomic mass is 32.2. The summed E-state index contributed by atoms with van der Waals surface area (Å²) in [4.78, 5) is 0.347. The van der Waals surface area contributed by atoms with Gasteiger partial charge in [-0.15, -0.1) is 0 Å². The molecule has 1 aliphatic heterocycles. The molecule has 0 fully saturated rings. The quantitative estimate of drug-likeness (QED) is 0.865. The first kappa shape index (κ1) is 15.9. The van der Waals surface area contributed by atoms with Crippen LogP contribution in [0.3, 0.4) is 0 Å². The second kappa shape index (κ2) is 5.57. The lowest BCUT2D eigenvalue weighted by atomic mass is 10.1. The van der Waals surface area contributed by atoms with Crippen LogP contribution < -0.4 is 9.04 Å². The molecule has 1 aliphatic rings. The van der Waals surface area contributed by atoms with Crippen molar-refractivity contribution in [2.45, 2.75) is 38.1 Å². The largest absolute Gasteiger partial charge is 0.496 e. The van der Waals surface area contributed by atoms with Crippen molar-refractivity contribution < 1.29 is 13.2 Å². The van der Waals surface area contributed by atoms with E-state index in [1.807, 2.05) is 45.0 Å². The Labute approximate surface area is 137 Å². The Morgan fingerprint density at radius 2 is 1.83 bits per heavy atom. The minimum Gasteiger partial charge on any atom is -0.496 e. The Morgan fingerprint density at radius 1 is 1.13 bits per heavy atom. The molecule has 0 N–H and O–H groups in total. The first-order valence-electron chi connectivity index (χ1n) is 7.64. The lowest BCUT2D eigenvalue weighted by Crippen LogP contribution is -2.36. The maximum absolute atomic E-state index is 13.3. The fraction of sp³-hybridized carbons (Fsp3) is 0.333. The molecule has 3 rings (SSSR count). The normalized spacial score (nSPS) is 17.2. The van der Waals surface area contributed by atoms with Gasteiger partial charge in [-0.3, -0.25) is 4.31 Å². The van der Waals surface area contributed by atoms with Crippen LogP contribution in [0.2, 0.25) is 0 Å². The van der Waals surface area contributed by atoms with Crippen LogP contribution in [0.25, 0.3) is 0 Å². The van der Waals surface area contributed by atoms with E-state index < -0.39 is 10.0 Å². The van der Waals surface area contributed by atoms with Crippen LogP contribution in [0.15, 0.2) is 41.3 Å². The van der Waals surface area contributed by atoms with Crippen molar-refractivity contribution in [1.29, 1.82) is 0 Å². The fourth-order valence-electron chi connectivity index (χ4n) is 3.27. The molecule has 2 aromatic carbocycles. The number of methoxy groups -OCH3 is 1. The van der Waals surface area contributed by atoms with Crippen LogP contribution in [0.4, 0.5) is 5.69 Å². The van der Waals surface area contributed by atoms with E-state index >= 15 is 0 Å². The molecule has 23 heavy (non-hydrogen) atoms. The molecule has 0 unspecified atom stereocenters. The van der Waals surface area contributed by atoms with E-state index in [0.717, 1.165) is 23.2 Å². The first-order valence-corrected chi connectivity index (χ1v) is 9.08. The highest BCUT2D eigenvalue weighted by molar-refractivity contribution is 7.93. The van der Waals surface area contributed by atoms with Gasteiger partial charge in [0, 0.05) is 6.04 Å². The van der Waals surface area contributed by atoms with Crippen LogP contribution in [0.1, 0.15) is 23.6 Å². The average molecular weight is 331 g/mol. The predicted molar refractivity (Wildman–Crippen MR) is 91.7 cm³/mol. The van der Waals surface area contributed by atoms with Crippen LogP contribution in [0, 0.1) is 13.8 Å². The molecular weight excluding hydrogens is 310 g/mol. The number of benzene rings is 2. The van der Waals surface area contributed by atoms with Gasteiger partial charge in [-0.25, -0.2) is 8.42 Å². The lowest BCUT2D eigenvalue weighted by molar-refractivity contribution is 0.411. The van der Waals surface area contributed by atoms with Gasteiger partial charge in [0.25, 0.3) is 10.0 Å². The van der Waals surface area contributed by atoms with Gasteiger partial charge in [0.15, 0.2) is 0 Å². The molecule has 5 heteroatoms. The number of hydrogen-bond acceptors (Lipinski definition) is 3. The Balaban J connectivity index is 2.15. The summed E-state index contributed by atoms with van der Waals surface area (Å²) in [6, 6.07) is 11.1. The number of fused-ring (bicyclic) bond motifs is 1. The molecule has 0 radical (unpaired) electrons. The third-order valence-corrected chi connectivity index (χ3v) is 6.44. The van der Waals surface area contributed by atoms with E-state index in [2.05, 4.69) is 0 Å². The Hall–Kier alpha value is -2.01. The molecule has 0 saturated carbocycles. The number of hydrogen-bond donors (Lipinski definition) is 0. The van der Waals surface area contributed by atoms with Gasteiger partial charge in [-0.2, -0.15) is 0 Å². The molecule has 1 atom stereocenters. The van der Waals surface area contributed by atoms with Crippen LogP contribution in [0.5, 0.6) is 5.75 Å². The first-order chi connectivity index (χ1) is 10.9. The van der Waals surface area contributed by atoms with E-state index in [0.29, 0.717) is 16.2 Å². The summed E-state index contributed by atoms with van der Waals surface area (Å²) >= 11 is 0. The maximum atomic E-state index is 13.3. The minimum atomic E-state index is -3.60. The Bertz CT molecular complexity index is 859. The summed E-state index contributed by atoms with van der Waals surface area (Å²) in [5.41, 5.74) is 3.38. The van der Waals surface area contributed by atoms with Gasteiger partial charge in [0.1, 0.15) is 5.75 Å². The summed E-state index contributed by atoms with van der Waals surface area (Å²) in [5, 5.41) is 0. The monoisotopic (exact) mass is 331 g/mol. The van der Waals surface area contributed by atoms with Crippen LogP contribution in [-0.2, 0) is 16.4 Å². The second-order valence-corrected chi connectivity index (χ2v) is 7.85. The molecule has 0 spiro atoms. The number of aryl methyl sites for hydroxylation is 2. The number of para-hydroxylation sites is 1. The van der Waals surface area contributed by atoms with Gasteiger partial charge in [-0.1, -0.05) is 18.2 Å². The van der Waals surface area contributed by atoms with Crippen LogP contribution >= 0.6 is 0 Å². The molecule has 1 heterocycles. The number of rotatable bonds is 3. The molecule has 2 aromatic rings. The zero-order valence-corrected chi connectivity index (χ0v) is 14.6. The van der Waals surface area contributed by atoms with Crippen molar-refractivity contribution in [1.82, 2.24) is 0 Å². The van der Waals surface area contributed by atoms with Crippen molar-refractivity contribution in [3.05, 3.63) is 53.1 Å². The van der Waals surface area contributed by atoms with E-state index in [-0.39, 0.29) is 6.04 Å². The van der Waals surface area contributed by atoms with E-state index in [4.69, 9.17) is 4.74 Å². The summed E-state index contributed by atoms with van der Waals surface area (Å²) in [7, 11) is -2.01. The standard InChI is InChI=1S/C18H21NO3S/c1-12-10-18(13(2)9-17(12)22-4)23(20,21)19-14(3)11-15-7-5-6-8-16(15)19/h5-10,14H,11H2,1-4H3/t14-/m1/s1. The van der Waals surface area contributed by atoms with Crippen molar-refractivity contribution in [3.63, 3.8) is 0 Å². The highest BCUT2D eigenvalue weighted by Crippen LogP contribution is 2.38. The van der Waals surface area contributed by atoms with Crippen molar-refractivity contribution in [3.8, 4) is 5.75 Å². The number of nitrogens with zero attached hydrogens (tertiary/aromatic N) is 1. The summed E-state index contributed by atoms with van der Waals surface area (Å²) in [6.07, 6.45) is 0.740. The second-order valence-electron chi connectivity index (χ2n) is 6.07. The van der Waals surface area contributed by atoms with E-state index in [1.165, 1.54) is 0 Å². The van der Waals surface area contributed by atoms with Crippen molar-refractivity contribution in [2.24, 2.45) is 0 Å². The van der Waals surface area contributed by atoms with Crippen molar-refractivity contribution in [2.75, 3.05) is 11.4 Å². The zero-order chi connectivity index (χ0) is 16.8. The molecular formula is C18H21NO3S. The predicted octanol–water partition coefficient (Wildman–Crippen LogP) is 3.45. The molecule has 4 nitrogen and oxygen atoms in total. The third-order valence-electron chi connectivity index (χ3n) is 4.37. The third kappa shape index (κ3) is 2.49. The number of ether oxygens (including phenoxy) is 1. The Kier molecular flexibility index (Phi) is 3.84. The molecule has 122 valence electrons.